The SMILES string of the molecule is COc1cc(C=C(Br)C2=NOC(C)(c3cc(F)cc(F)c3)N2CCO)ccc1-n1cnc(C)c1. The molecule has 178 valence electrons. The summed E-state index contributed by atoms with van der Waals surface area (Å²) in [5.41, 5.74) is 1.45. The Hall–Kier alpha value is -3.24. The normalized spacial score (nSPS) is 18.1. The molecule has 1 aromatic heterocycles. The zero-order valence-corrected chi connectivity index (χ0v) is 20.4. The highest BCUT2D eigenvalue weighted by Gasteiger charge is 2.44. The summed E-state index contributed by atoms with van der Waals surface area (Å²) in [6.45, 7) is 3.45. The van der Waals surface area contributed by atoms with Crippen molar-refractivity contribution >= 4 is 27.8 Å². The van der Waals surface area contributed by atoms with Crippen LogP contribution in [0.4, 0.5) is 8.78 Å². The molecule has 0 saturated carbocycles. The molecule has 4 rings (SSSR count). The van der Waals surface area contributed by atoms with Crippen LogP contribution in [-0.2, 0) is 10.6 Å². The number of amidine groups is 1. The number of nitrogens with zero attached hydrogens (tertiary/aromatic N) is 4. The van der Waals surface area contributed by atoms with Gasteiger partial charge in [-0.1, -0.05) is 11.2 Å². The van der Waals surface area contributed by atoms with Crippen molar-refractivity contribution in [3.05, 3.63) is 81.9 Å². The Morgan fingerprint density at radius 1 is 1.24 bits per heavy atom. The zero-order valence-electron chi connectivity index (χ0n) is 18.8. The minimum absolute atomic E-state index is 0.124. The molecule has 1 atom stereocenters. The molecule has 1 N–H and O–H groups in total. The van der Waals surface area contributed by atoms with Crippen LogP contribution >= 0.6 is 15.9 Å². The lowest BCUT2D eigenvalue weighted by Gasteiger charge is -2.34. The number of oxime groups is 1. The van der Waals surface area contributed by atoms with Crippen LogP contribution in [-0.4, -0.2) is 45.7 Å². The molecule has 0 fully saturated rings. The van der Waals surface area contributed by atoms with Crippen molar-refractivity contribution in [2.75, 3.05) is 20.3 Å². The molecule has 7 nitrogen and oxygen atoms in total. The van der Waals surface area contributed by atoms with E-state index in [0.717, 1.165) is 23.0 Å². The lowest BCUT2D eigenvalue weighted by atomic mass is 10.0. The fourth-order valence-corrected chi connectivity index (χ4v) is 4.37. The van der Waals surface area contributed by atoms with Crippen LogP contribution in [0.2, 0.25) is 0 Å². The van der Waals surface area contributed by atoms with Crippen molar-refractivity contribution in [3.63, 3.8) is 0 Å². The van der Waals surface area contributed by atoms with Gasteiger partial charge in [-0.05, 0) is 58.8 Å². The van der Waals surface area contributed by atoms with E-state index in [1.165, 1.54) is 12.1 Å². The van der Waals surface area contributed by atoms with Crippen LogP contribution in [0.1, 0.15) is 23.7 Å². The van der Waals surface area contributed by atoms with Gasteiger partial charge in [0.05, 0.1) is 35.9 Å². The first-order valence-electron chi connectivity index (χ1n) is 10.4. The standard InChI is InChI=1S/C24H23BrF2N4O3/c1-15-13-30(14-28-15)21-5-4-16(9-22(21)33-3)8-20(25)23-29-34-24(2,31(23)6-7-32)17-10-18(26)12-19(27)11-17/h4-5,8-14,32H,6-7H2,1-3H3. The minimum Gasteiger partial charge on any atom is -0.495 e. The molecule has 0 aliphatic carbocycles. The number of hydrogen-bond donors (Lipinski definition) is 1. The number of β-amino-alcohol motifs (C(OH)–C–C–N with tert-alkyl or cyclic N) is 1. The fourth-order valence-electron chi connectivity index (χ4n) is 3.82. The molecular weight excluding hydrogens is 510 g/mol. The second-order valence-electron chi connectivity index (χ2n) is 7.87. The van der Waals surface area contributed by atoms with Gasteiger partial charge in [-0.15, -0.1) is 0 Å². The van der Waals surface area contributed by atoms with E-state index < -0.39 is 17.4 Å². The van der Waals surface area contributed by atoms with E-state index in [-0.39, 0.29) is 18.7 Å². The van der Waals surface area contributed by atoms with Crippen molar-refractivity contribution in [1.82, 2.24) is 14.5 Å². The van der Waals surface area contributed by atoms with E-state index in [1.807, 2.05) is 42.0 Å². The molecular formula is C24H23BrF2N4O3. The molecule has 2 heterocycles. The molecule has 10 heteroatoms. The number of aromatic nitrogens is 2. The highest BCUT2D eigenvalue weighted by Crippen LogP contribution is 2.38. The van der Waals surface area contributed by atoms with Gasteiger partial charge in [0.1, 0.15) is 17.4 Å². The van der Waals surface area contributed by atoms with Gasteiger partial charge in [0.15, 0.2) is 5.84 Å². The predicted molar refractivity (Wildman–Crippen MR) is 128 cm³/mol. The quantitative estimate of drug-likeness (QED) is 0.476. The molecule has 1 aliphatic rings. The molecule has 0 radical (unpaired) electrons. The lowest BCUT2D eigenvalue weighted by Crippen LogP contribution is -2.45. The number of rotatable bonds is 7. The lowest BCUT2D eigenvalue weighted by molar-refractivity contribution is -0.0936. The maximum absolute atomic E-state index is 13.9. The Labute approximate surface area is 204 Å². The Morgan fingerprint density at radius 3 is 2.59 bits per heavy atom. The van der Waals surface area contributed by atoms with Crippen molar-refractivity contribution in [2.45, 2.75) is 19.6 Å². The first-order valence-corrected chi connectivity index (χ1v) is 11.2. The van der Waals surface area contributed by atoms with Gasteiger partial charge in [0, 0.05) is 31.3 Å². The number of aliphatic hydroxyl groups is 1. The Kier molecular flexibility index (Phi) is 6.72. The van der Waals surface area contributed by atoms with Gasteiger partial charge in [0.2, 0.25) is 5.72 Å². The highest BCUT2D eigenvalue weighted by atomic mass is 79.9. The second-order valence-corrected chi connectivity index (χ2v) is 8.72. The van der Waals surface area contributed by atoms with E-state index >= 15 is 0 Å². The molecule has 0 amide bonds. The topological polar surface area (TPSA) is 72.1 Å². The fraction of sp³-hybridized carbons (Fsp3) is 0.250. The van der Waals surface area contributed by atoms with E-state index in [9.17, 15) is 13.9 Å². The van der Waals surface area contributed by atoms with Crippen LogP contribution in [0.25, 0.3) is 11.8 Å². The minimum atomic E-state index is -1.31. The molecule has 3 aromatic rings. The van der Waals surface area contributed by atoms with Gasteiger partial charge in [0.25, 0.3) is 0 Å². The van der Waals surface area contributed by atoms with E-state index in [0.29, 0.717) is 16.1 Å². The van der Waals surface area contributed by atoms with Crippen molar-refractivity contribution < 1.29 is 23.5 Å². The number of ether oxygens (including phenoxy) is 1. The molecule has 1 unspecified atom stereocenters. The summed E-state index contributed by atoms with van der Waals surface area (Å²) in [6.07, 6.45) is 5.43. The maximum atomic E-state index is 13.9. The first-order chi connectivity index (χ1) is 16.2. The van der Waals surface area contributed by atoms with Gasteiger partial charge >= 0.3 is 0 Å². The summed E-state index contributed by atoms with van der Waals surface area (Å²) < 4.78 is 35.8. The van der Waals surface area contributed by atoms with E-state index in [4.69, 9.17) is 9.57 Å². The smallest absolute Gasteiger partial charge is 0.234 e. The van der Waals surface area contributed by atoms with Crippen molar-refractivity contribution in [1.29, 1.82) is 0 Å². The summed E-state index contributed by atoms with van der Waals surface area (Å²) >= 11 is 3.54. The van der Waals surface area contributed by atoms with E-state index in [1.54, 1.807) is 25.3 Å². The van der Waals surface area contributed by atoms with E-state index in [2.05, 4.69) is 26.1 Å². The summed E-state index contributed by atoms with van der Waals surface area (Å²) in [7, 11) is 1.59. The predicted octanol–water partition coefficient (Wildman–Crippen LogP) is 4.71. The number of imidazole rings is 1. The maximum Gasteiger partial charge on any atom is 0.234 e. The summed E-state index contributed by atoms with van der Waals surface area (Å²) in [5.74, 6) is -0.447. The first kappa shape index (κ1) is 23.9. The molecule has 1 aliphatic heterocycles. The van der Waals surface area contributed by atoms with Crippen LogP contribution in [0.3, 0.4) is 0 Å². The Bertz CT molecular complexity index is 1260. The monoisotopic (exact) mass is 532 g/mol. The average molecular weight is 533 g/mol. The van der Waals surface area contributed by atoms with Gasteiger partial charge in [-0.3, -0.25) is 0 Å². The number of methoxy groups -OCH3 is 1. The molecule has 0 saturated heterocycles. The number of aryl methyl sites for hydroxylation is 1. The Morgan fingerprint density at radius 2 is 1.97 bits per heavy atom. The van der Waals surface area contributed by atoms with Crippen LogP contribution < -0.4 is 4.74 Å². The molecule has 0 spiro atoms. The van der Waals surface area contributed by atoms with Crippen molar-refractivity contribution in [3.8, 4) is 11.4 Å². The zero-order chi connectivity index (χ0) is 24.5. The third kappa shape index (κ3) is 4.55. The summed E-state index contributed by atoms with van der Waals surface area (Å²) in [5, 5.41) is 13.8. The third-order valence-corrected chi connectivity index (χ3v) is 6.09. The average Bonchev–Trinajstić information content (AvgIpc) is 3.37. The molecule has 34 heavy (non-hydrogen) atoms. The number of benzene rings is 2. The number of aliphatic hydroxyl groups excluding tert-OH is 1. The third-order valence-electron chi connectivity index (χ3n) is 5.50. The van der Waals surface area contributed by atoms with Gasteiger partial charge in [-0.25, -0.2) is 13.8 Å². The molecule has 2 aromatic carbocycles. The van der Waals surface area contributed by atoms with Crippen LogP contribution in [0.5, 0.6) is 5.75 Å². The van der Waals surface area contributed by atoms with Crippen molar-refractivity contribution in [2.24, 2.45) is 5.16 Å². The summed E-state index contributed by atoms with van der Waals surface area (Å²) in [6, 6.07) is 8.83. The number of hydrogen-bond acceptors (Lipinski definition) is 6. The molecule has 0 bridgehead atoms. The highest BCUT2D eigenvalue weighted by molar-refractivity contribution is 9.12. The van der Waals surface area contributed by atoms with Crippen LogP contribution in [0, 0.1) is 18.6 Å². The second kappa shape index (κ2) is 9.55. The summed E-state index contributed by atoms with van der Waals surface area (Å²) in [4.78, 5) is 11.6. The Balaban J connectivity index is 1.66. The van der Waals surface area contributed by atoms with Gasteiger partial charge < -0.3 is 24.1 Å². The van der Waals surface area contributed by atoms with Crippen LogP contribution in [0.15, 0.2) is 58.6 Å². The van der Waals surface area contributed by atoms with Gasteiger partial charge in [-0.2, -0.15) is 0 Å². The largest absolute Gasteiger partial charge is 0.495 e. The number of halogens is 3.